The molecule has 0 bridgehead atoms. The molecule has 0 saturated carbocycles. The number of hydrogen-bond donors (Lipinski definition) is 0. The molecule has 4 rings (SSSR count). The first-order chi connectivity index (χ1) is 14.4. The van der Waals surface area contributed by atoms with Crippen molar-refractivity contribution in [3.63, 3.8) is 0 Å². The van der Waals surface area contributed by atoms with E-state index >= 15 is 0 Å². The molecule has 0 N–H and O–H groups in total. The van der Waals surface area contributed by atoms with Gasteiger partial charge in [0.2, 0.25) is 0 Å². The van der Waals surface area contributed by atoms with Gasteiger partial charge in [0.15, 0.2) is 5.78 Å². The minimum Gasteiger partial charge on any atom is -0.298 e. The van der Waals surface area contributed by atoms with Crippen molar-refractivity contribution in [2.75, 3.05) is 13.1 Å². The molecule has 1 aromatic heterocycles. The lowest BCUT2D eigenvalue weighted by Gasteiger charge is -2.27. The molecule has 4 heteroatoms. The Morgan fingerprint density at radius 3 is 2.87 bits per heavy atom. The number of thiophene rings is 1. The van der Waals surface area contributed by atoms with E-state index in [1.807, 2.05) is 18.3 Å². The van der Waals surface area contributed by atoms with Crippen LogP contribution in [0.25, 0.3) is 10.1 Å². The Labute approximate surface area is 184 Å². The Hall–Kier alpha value is -2.04. The number of ketones is 1. The molecule has 0 saturated heterocycles. The van der Waals surface area contributed by atoms with Gasteiger partial charge in [0.05, 0.1) is 0 Å². The third-order valence-electron chi connectivity index (χ3n) is 6.44. The van der Waals surface area contributed by atoms with E-state index < -0.39 is 0 Å². The van der Waals surface area contributed by atoms with Gasteiger partial charge in [-0.1, -0.05) is 36.8 Å². The topological polar surface area (TPSA) is 32.7 Å². The maximum absolute atomic E-state index is 12.4. The summed E-state index contributed by atoms with van der Waals surface area (Å²) in [7, 11) is 0. The molecule has 30 heavy (non-hydrogen) atoms. The van der Waals surface area contributed by atoms with Gasteiger partial charge in [0.25, 0.3) is 0 Å². The first-order valence-electron chi connectivity index (χ1n) is 11.1. The first kappa shape index (κ1) is 21.2. The molecule has 1 aromatic carbocycles. The van der Waals surface area contributed by atoms with Gasteiger partial charge in [-0.05, 0) is 63.5 Å². The van der Waals surface area contributed by atoms with Crippen molar-refractivity contribution in [3.8, 4) is 0 Å². The normalized spacial score (nSPS) is 21.7. The number of rotatable bonds is 5. The van der Waals surface area contributed by atoms with Crippen molar-refractivity contribution in [2.45, 2.75) is 59.9 Å². The molecule has 0 spiro atoms. The highest BCUT2D eigenvalue weighted by atomic mass is 32.1. The second kappa shape index (κ2) is 8.99. The summed E-state index contributed by atoms with van der Waals surface area (Å²) in [5.41, 5.74) is 5.83. The third-order valence-corrected chi connectivity index (χ3v) is 7.71. The highest BCUT2D eigenvalue weighted by Crippen LogP contribution is 2.36. The molecule has 2 aromatic rings. The van der Waals surface area contributed by atoms with Crippen LogP contribution in [0.1, 0.15) is 56.0 Å². The average Bonchev–Trinajstić information content (AvgIpc) is 3.07. The zero-order valence-corrected chi connectivity index (χ0v) is 19.4. The molecule has 1 atom stereocenters. The predicted octanol–water partition coefficient (Wildman–Crippen LogP) is 6.25. The number of aryl methyl sites for hydroxylation is 1. The van der Waals surface area contributed by atoms with Crippen LogP contribution >= 0.6 is 11.3 Å². The summed E-state index contributed by atoms with van der Waals surface area (Å²) >= 11 is 1.95. The molecule has 1 aliphatic heterocycles. The van der Waals surface area contributed by atoms with E-state index in [4.69, 9.17) is 4.99 Å². The van der Waals surface area contributed by atoms with E-state index in [1.165, 1.54) is 31.8 Å². The Bertz CT molecular complexity index is 1060. The number of hydrogen-bond acceptors (Lipinski definition) is 4. The Morgan fingerprint density at radius 2 is 2.10 bits per heavy atom. The van der Waals surface area contributed by atoms with Crippen LogP contribution in [-0.2, 0) is 17.8 Å². The number of nitrogens with zero attached hydrogens (tertiary/aromatic N) is 2. The van der Waals surface area contributed by atoms with Crippen molar-refractivity contribution in [1.29, 1.82) is 0 Å². The minimum atomic E-state index is 0.158. The number of aliphatic imine (C=N–C) groups is 1. The highest BCUT2D eigenvalue weighted by Gasteiger charge is 2.22. The fourth-order valence-corrected chi connectivity index (χ4v) is 5.82. The molecule has 1 unspecified atom stereocenters. The maximum atomic E-state index is 12.4. The molecule has 1 aliphatic carbocycles. The second-order valence-electron chi connectivity index (χ2n) is 8.76. The standard InChI is InChI=1S/C26H32N2OS/c1-17-9-10-25-22(15-17)23-16-28(14-12-26(23)30-25)13-11-21(20(4)29)19(3)27-24-8-6-5-7-18(24)2/h5,7,9-10,15,18H,6,8,11-14,16H2,1-4H3/b21-19-,27-24?. The van der Waals surface area contributed by atoms with Gasteiger partial charge in [-0.2, -0.15) is 0 Å². The summed E-state index contributed by atoms with van der Waals surface area (Å²) < 4.78 is 1.40. The van der Waals surface area contributed by atoms with Crippen molar-refractivity contribution >= 4 is 32.9 Å². The Morgan fingerprint density at radius 1 is 1.27 bits per heavy atom. The first-order valence-corrected chi connectivity index (χ1v) is 11.9. The van der Waals surface area contributed by atoms with E-state index in [9.17, 15) is 4.79 Å². The van der Waals surface area contributed by atoms with Gasteiger partial charge < -0.3 is 0 Å². The molecular weight excluding hydrogens is 388 g/mol. The van der Waals surface area contributed by atoms with Gasteiger partial charge in [-0.3, -0.25) is 14.7 Å². The number of fused-ring (bicyclic) bond motifs is 3. The van der Waals surface area contributed by atoms with Crippen LogP contribution in [0, 0.1) is 12.8 Å². The second-order valence-corrected chi connectivity index (χ2v) is 9.90. The number of Topliss-reactive ketones (excluding diaryl/α,β-unsaturated/α-hetero) is 1. The summed E-state index contributed by atoms with van der Waals surface area (Å²) in [6, 6.07) is 6.80. The summed E-state index contributed by atoms with van der Waals surface area (Å²) in [6.45, 7) is 11.0. The lowest BCUT2D eigenvalue weighted by molar-refractivity contribution is -0.113. The van der Waals surface area contributed by atoms with Crippen molar-refractivity contribution in [1.82, 2.24) is 4.90 Å². The quantitative estimate of drug-likeness (QED) is 0.423. The van der Waals surface area contributed by atoms with Crippen LogP contribution in [0.5, 0.6) is 0 Å². The van der Waals surface area contributed by atoms with Crippen LogP contribution in [0.3, 0.4) is 0 Å². The van der Waals surface area contributed by atoms with E-state index in [0.717, 1.165) is 56.6 Å². The minimum absolute atomic E-state index is 0.158. The van der Waals surface area contributed by atoms with Crippen LogP contribution in [0.15, 0.2) is 46.6 Å². The zero-order chi connectivity index (χ0) is 21.3. The van der Waals surface area contributed by atoms with Crippen molar-refractivity contribution in [3.05, 3.63) is 57.6 Å². The molecule has 0 amide bonds. The van der Waals surface area contributed by atoms with Crippen molar-refractivity contribution in [2.24, 2.45) is 10.9 Å². The van der Waals surface area contributed by atoms with E-state index in [0.29, 0.717) is 5.92 Å². The molecule has 0 radical (unpaired) electrons. The van der Waals surface area contributed by atoms with Gasteiger partial charge in [0, 0.05) is 52.1 Å². The third kappa shape index (κ3) is 4.50. The Balaban J connectivity index is 1.49. The van der Waals surface area contributed by atoms with Crippen LogP contribution < -0.4 is 0 Å². The monoisotopic (exact) mass is 420 g/mol. The number of carbonyl (C=O) groups excluding carboxylic acids is 1. The van der Waals surface area contributed by atoms with Gasteiger partial charge in [-0.25, -0.2) is 0 Å². The lowest BCUT2D eigenvalue weighted by atomic mass is 9.95. The maximum Gasteiger partial charge on any atom is 0.157 e. The van der Waals surface area contributed by atoms with Crippen LogP contribution in [-0.4, -0.2) is 29.5 Å². The predicted molar refractivity (Wildman–Crippen MR) is 129 cm³/mol. The van der Waals surface area contributed by atoms with E-state index in [-0.39, 0.29) is 5.78 Å². The summed E-state index contributed by atoms with van der Waals surface area (Å²) in [5, 5.41) is 1.42. The van der Waals surface area contributed by atoms with E-state index in [1.54, 1.807) is 6.92 Å². The fraction of sp³-hybridized carbons (Fsp3) is 0.462. The van der Waals surface area contributed by atoms with Crippen LogP contribution in [0.2, 0.25) is 0 Å². The Kier molecular flexibility index (Phi) is 6.35. The van der Waals surface area contributed by atoms with Gasteiger partial charge in [-0.15, -0.1) is 11.3 Å². The molecule has 2 heterocycles. The lowest BCUT2D eigenvalue weighted by Crippen LogP contribution is -2.31. The summed E-state index contributed by atoms with van der Waals surface area (Å²) in [6.07, 6.45) is 8.39. The van der Waals surface area contributed by atoms with Crippen molar-refractivity contribution < 1.29 is 4.79 Å². The number of benzene rings is 1. The SMILES string of the molecule is CC(=O)/C(CCN1CCc2sc3ccc(C)cc3c2C1)=C(/C)N=C1CCC=CC1C. The average molecular weight is 421 g/mol. The smallest absolute Gasteiger partial charge is 0.157 e. The van der Waals surface area contributed by atoms with Gasteiger partial charge >= 0.3 is 0 Å². The number of carbonyl (C=O) groups is 1. The molecular formula is C26H32N2OS. The fourth-order valence-electron chi connectivity index (χ4n) is 4.63. The van der Waals surface area contributed by atoms with E-state index in [2.05, 4.69) is 49.1 Å². The molecule has 0 fully saturated rings. The highest BCUT2D eigenvalue weighted by molar-refractivity contribution is 7.19. The zero-order valence-electron chi connectivity index (χ0n) is 18.6. The number of allylic oxidation sites excluding steroid dienone is 3. The van der Waals surface area contributed by atoms with Gasteiger partial charge in [0.1, 0.15) is 0 Å². The molecule has 2 aliphatic rings. The molecule has 3 nitrogen and oxygen atoms in total. The summed E-state index contributed by atoms with van der Waals surface area (Å²) in [4.78, 5) is 21.3. The largest absolute Gasteiger partial charge is 0.298 e. The van der Waals surface area contributed by atoms with Crippen LogP contribution in [0.4, 0.5) is 0 Å². The molecule has 158 valence electrons. The summed E-state index contributed by atoms with van der Waals surface area (Å²) in [5.74, 6) is 0.530.